The molecule has 0 unspecified atom stereocenters. The first kappa shape index (κ1) is 12.0. The Labute approximate surface area is 102 Å². The summed E-state index contributed by atoms with van der Waals surface area (Å²) in [5.74, 6) is 0.695. The zero-order chi connectivity index (χ0) is 12.4. The summed E-state index contributed by atoms with van der Waals surface area (Å²) in [6.45, 7) is 5.25. The standard InChI is InChI=1S/C14H20N2O/c1-11(2)7-6-10-16-13-9-5-4-8-12(13)15(3)14(16)17/h4-5,8-9,11H,6-7,10H2,1-3H3. The molecule has 0 saturated heterocycles. The highest BCUT2D eigenvalue weighted by molar-refractivity contribution is 5.75. The van der Waals surface area contributed by atoms with Crippen molar-refractivity contribution < 1.29 is 0 Å². The second-order valence-corrected chi connectivity index (χ2v) is 5.02. The van der Waals surface area contributed by atoms with Crippen LogP contribution >= 0.6 is 0 Å². The average Bonchev–Trinajstić information content (AvgIpc) is 2.54. The van der Waals surface area contributed by atoms with E-state index in [1.807, 2.05) is 35.9 Å². The van der Waals surface area contributed by atoms with E-state index in [1.54, 1.807) is 4.57 Å². The lowest BCUT2D eigenvalue weighted by atomic mass is 10.1. The molecule has 0 spiro atoms. The SMILES string of the molecule is CC(C)CCCn1c(=O)n(C)c2ccccc21. The zero-order valence-electron chi connectivity index (χ0n) is 10.8. The van der Waals surface area contributed by atoms with Gasteiger partial charge in [-0.1, -0.05) is 26.0 Å². The molecule has 17 heavy (non-hydrogen) atoms. The number of para-hydroxylation sites is 2. The number of aryl methyl sites for hydroxylation is 2. The van der Waals surface area contributed by atoms with Crippen LogP contribution in [0.2, 0.25) is 0 Å². The Balaban J connectivity index is 2.33. The number of hydrogen-bond donors (Lipinski definition) is 0. The lowest BCUT2D eigenvalue weighted by Gasteiger charge is -2.05. The van der Waals surface area contributed by atoms with Gasteiger partial charge in [0.25, 0.3) is 0 Å². The Morgan fingerprint density at radius 3 is 2.47 bits per heavy atom. The number of benzene rings is 1. The van der Waals surface area contributed by atoms with Gasteiger partial charge in [-0.25, -0.2) is 4.79 Å². The van der Waals surface area contributed by atoms with Crippen LogP contribution < -0.4 is 5.69 Å². The molecule has 0 aliphatic rings. The van der Waals surface area contributed by atoms with Crippen molar-refractivity contribution >= 4 is 11.0 Å². The Bertz CT molecular complexity index is 563. The third kappa shape index (κ3) is 2.28. The summed E-state index contributed by atoms with van der Waals surface area (Å²) in [7, 11) is 1.84. The van der Waals surface area contributed by atoms with E-state index in [0.717, 1.165) is 30.4 Å². The molecule has 3 nitrogen and oxygen atoms in total. The highest BCUT2D eigenvalue weighted by atomic mass is 16.1. The molecule has 92 valence electrons. The van der Waals surface area contributed by atoms with Gasteiger partial charge in [-0.3, -0.25) is 9.13 Å². The van der Waals surface area contributed by atoms with E-state index in [0.29, 0.717) is 5.92 Å². The number of hydrogen-bond acceptors (Lipinski definition) is 1. The van der Waals surface area contributed by atoms with Crippen LogP contribution in [0, 0.1) is 5.92 Å². The highest BCUT2D eigenvalue weighted by Gasteiger charge is 2.09. The molecule has 3 heteroatoms. The third-order valence-electron chi connectivity index (χ3n) is 3.21. The van der Waals surface area contributed by atoms with Crippen molar-refractivity contribution in [3.63, 3.8) is 0 Å². The minimum Gasteiger partial charge on any atom is -0.295 e. The van der Waals surface area contributed by atoms with Crippen molar-refractivity contribution in [1.82, 2.24) is 9.13 Å². The monoisotopic (exact) mass is 232 g/mol. The van der Waals surface area contributed by atoms with Crippen LogP contribution in [0.1, 0.15) is 26.7 Å². The maximum absolute atomic E-state index is 12.1. The summed E-state index contributed by atoms with van der Waals surface area (Å²) in [5, 5.41) is 0. The fourth-order valence-corrected chi connectivity index (χ4v) is 2.24. The van der Waals surface area contributed by atoms with Gasteiger partial charge in [-0.05, 0) is 30.9 Å². The molecule has 2 aromatic rings. The van der Waals surface area contributed by atoms with E-state index in [-0.39, 0.29) is 5.69 Å². The topological polar surface area (TPSA) is 26.9 Å². The van der Waals surface area contributed by atoms with Gasteiger partial charge in [0.15, 0.2) is 0 Å². The Morgan fingerprint density at radius 2 is 1.82 bits per heavy atom. The second-order valence-electron chi connectivity index (χ2n) is 5.02. The van der Waals surface area contributed by atoms with Crippen molar-refractivity contribution in [2.45, 2.75) is 33.2 Å². The molecule has 0 N–H and O–H groups in total. The first-order valence-corrected chi connectivity index (χ1v) is 6.25. The predicted molar refractivity (Wildman–Crippen MR) is 71.3 cm³/mol. The minimum atomic E-state index is 0.0926. The van der Waals surface area contributed by atoms with Crippen molar-refractivity contribution in [1.29, 1.82) is 0 Å². The molecule has 0 amide bonds. The molecule has 1 aromatic heterocycles. The quantitative estimate of drug-likeness (QED) is 0.796. The summed E-state index contributed by atoms with van der Waals surface area (Å²) < 4.78 is 3.61. The van der Waals surface area contributed by atoms with E-state index >= 15 is 0 Å². The summed E-state index contributed by atoms with van der Waals surface area (Å²) in [6, 6.07) is 7.97. The largest absolute Gasteiger partial charge is 0.328 e. The number of imidazole rings is 1. The predicted octanol–water partition coefficient (Wildman–Crippen LogP) is 2.78. The van der Waals surface area contributed by atoms with Gasteiger partial charge < -0.3 is 0 Å². The number of rotatable bonds is 4. The molecule has 0 fully saturated rings. The first-order chi connectivity index (χ1) is 8.11. The van der Waals surface area contributed by atoms with Crippen molar-refractivity contribution in [3.8, 4) is 0 Å². The summed E-state index contributed by atoms with van der Waals surface area (Å²) in [5.41, 5.74) is 2.15. The molecular weight excluding hydrogens is 212 g/mol. The molecule has 0 saturated carbocycles. The Morgan fingerprint density at radius 1 is 1.18 bits per heavy atom. The lowest BCUT2D eigenvalue weighted by molar-refractivity contribution is 0.508. The van der Waals surface area contributed by atoms with Gasteiger partial charge in [-0.2, -0.15) is 0 Å². The molecule has 0 bridgehead atoms. The lowest BCUT2D eigenvalue weighted by Crippen LogP contribution is -2.22. The molecule has 0 aliphatic heterocycles. The number of aromatic nitrogens is 2. The van der Waals surface area contributed by atoms with Crippen molar-refractivity contribution in [2.75, 3.05) is 0 Å². The van der Waals surface area contributed by atoms with Crippen molar-refractivity contribution in [3.05, 3.63) is 34.7 Å². The molecule has 1 heterocycles. The van der Waals surface area contributed by atoms with E-state index in [1.165, 1.54) is 0 Å². The van der Waals surface area contributed by atoms with Crippen LogP contribution in [0.5, 0.6) is 0 Å². The van der Waals surface area contributed by atoms with E-state index < -0.39 is 0 Å². The summed E-state index contributed by atoms with van der Waals surface area (Å²) in [4.78, 5) is 12.1. The van der Waals surface area contributed by atoms with Gasteiger partial charge in [0.1, 0.15) is 0 Å². The molecule has 1 aromatic carbocycles. The third-order valence-corrected chi connectivity index (χ3v) is 3.21. The minimum absolute atomic E-state index is 0.0926. The maximum Gasteiger partial charge on any atom is 0.328 e. The van der Waals surface area contributed by atoms with E-state index in [4.69, 9.17) is 0 Å². The van der Waals surface area contributed by atoms with Crippen LogP contribution in [0.3, 0.4) is 0 Å². The summed E-state index contributed by atoms with van der Waals surface area (Å²) in [6.07, 6.45) is 2.22. The number of fused-ring (bicyclic) bond motifs is 1. The van der Waals surface area contributed by atoms with Crippen LogP contribution in [-0.2, 0) is 13.6 Å². The molecular formula is C14H20N2O. The molecule has 0 radical (unpaired) electrons. The zero-order valence-corrected chi connectivity index (χ0v) is 10.8. The first-order valence-electron chi connectivity index (χ1n) is 6.25. The highest BCUT2D eigenvalue weighted by Crippen LogP contribution is 2.13. The van der Waals surface area contributed by atoms with Crippen LogP contribution in [0.25, 0.3) is 11.0 Å². The van der Waals surface area contributed by atoms with Gasteiger partial charge in [0, 0.05) is 13.6 Å². The fourth-order valence-electron chi connectivity index (χ4n) is 2.24. The van der Waals surface area contributed by atoms with Gasteiger partial charge >= 0.3 is 5.69 Å². The fraction of sp³-hybridized carbons (Fsp3) is 0.500. The van der Waals surface area contributed by atoms with Crippen LogP contribution in [0.4, 0.5) is 0 Å². The van der Waals surface area contributed by atoms with E-state index in [2.05, 4.69) is 13.8 Å². The normalized spacial score (nSPS) is 11.5. The van der Waals surface area contributed by atoms with Crippen LogP contribution in [0.15, 0.2) is 29.1 Å². The van der Waals surface area contributed by atoms with Gasteiger partial charge in [0.2, 0.25) is 0 Å². The Hall–Kier alpha value is -1.51. The maximum atomic E-state index is 12.1. The molecule has 2 rings (SSSR count). The van der Waals surface area contributed by atoms with Crippen LogP contribution in [-0.4, -0.2) is 9.13 Å². The Kier molecular flexibility index (Phi) is 3.36. The molecule has 0 atom stereocenters. The van der Waals surface area contributed by atoms with Gasteiger partial charge in [-0.15, -0.1) is 0 Å². The van der Waals surface area contributed by atoms with Crippen molar-refractivity contribution in [2.24, 2.45) is 13.0 Å². The number of nitrogens with zero attached hydrogens (tertiary/aromatic N) is 2. The molecule has 0 aliphatic carbocycles. The van der Waals surface area contributed by atoms with Gasteiger partial charge in [0.05, 0.1) is 11.0 Å². The second kappa shape index (κ2) is 4.78. The summed E-state index contributed by atoms with van der Waals surface area (Å²) >= 11 is 0. The van der Waals surface area contributed by atoms with E-state index in [9.17, 15) is 4.79 Å². The average molecular weight is 232 g/mol. The smallest absolute Gasteiger partial charge is 0.295 e.